The molecule has 3 rings (SSSR count). The van der Waals surface area contributed by atoms with Crippen LogP contribution in [0.4, 0.5) is 0 Å². The molecule has 1 aliphatic heterocycles. The zero-order chi connectivity index (χ0) is 19.7. The van der Waals surface area contributed by atoms with Crippen LogP contribution in [0, 0.1) is 25.7 Å². The van der Waals surface area contributed by atoms with Gasteiger partial charge in [-0.3, -0.25) is 14.3 Å². The van der Waals surface area contributed by atoms with Gasteiger partial charge in [0.25, 0.3) is 0 Å². The summed E-state index contributed by atoms with van der Waals surface area (Å²) in [4.78, 5) is 26.5. The van der Waals surface area contributed by atoms with Gasteiger partial charge in [-0.15, -0.1) is 0 Å². The van der Waals surface area contributed by atoms with E-state index in [2.05, 4.69) is 5.10 Å². The van der Waals surface area contributed by atoms with Crippen molar-refractivity contribution in [2.75, 3.05) is 13.1 Å². The highest BCUT2D eigenvalue weighted by Gasteiger charge is 2.41. The second-order valence-corrected chi connectivity index (χ2v) is 7.58. The molecule has 1 amide bonds. The first-order valence-corrected chi connectivity index (χ1v) is 9.35. The second-order valence-electron chi connectivity index (χ2n) is 7.58. The number of rotatable bonds is 5. The van der Waals surface area contributed by atoms with Crippen molar-refractivity contribution in [3.8, 4) is 0 Å². The lowest BCUT2D eigenvalue weighted by Crippen LogP contribution is -2.35. The van der Waals surface area contributed by atoms with Crippen LogP contribution < -0.4 is 0 Å². The van der Waals surface area contributed by atoms with Crippen molar-refractivity contribution < 1.29 is 14.7 Å². The molecule has 1 aliphatic rings. The van der Waals surface area contributed by atoms with Crippen LogP contribution in [0.5, 0.6) is 0 Å². The highest BCUT2D eigenvalue weighted by Crippen LogP contribution is 2.34. The van der Waals surface area contributed by atoms with E-state index in [9.17, 15) is 14.7 Å². The van der Waals surface area contributed by atoms with Gasteiger partial charge in [0, 0.05) is 37.7 Å². The first-order valence-electron chi connectivity index (χ1n) is 9.35. The molecule has 0 bridgehead atoms. The average molecular weight is 369 g/mol. The van der Waals surface area contributed by atoms with Crippen LogP contribution in [-0.4, -0.2) is 44.8 Å². The van der Waals surface area contributed by atoms with E-state index in [4.69, 9.17) is 0 Å². The number of aryl methyl sites for hydroxylation is 2. The van der Waals surface area contributed by atoms with Crippen LogP contribution in [0.1, 0.15) is 35.4 Å². The van der Waals surface area contributed by atoms with Crippen molar-refractivity contribution >= 4 is 11.9 Å². The first-order chi connectivity index (χ1) is 12.8. The Labute approximate surface area is 159 Å². The number of hydrogen-bond donors (Lipinski definition) is 1. The fourth-order valence-corrected chi connectivity index (χ4v) is 4.09. The fourth-order valence-electron chi connectivity index (χ4n) is 4.09. The molecule has 1 saturated heterocycles. The van der Waals surface area contributed by atoms with Crippen molar-refractivity contribution in [3.05, 3.63) is 52.8 Å². The number of benzene rings is 1. The predicted octanol–water partition coefficient (Wildman–Crippen LogP) is 2.54. The summed E-state index contributed by atoms with van der Waals surface area (Å²) in [5.74, 6) is -1.77. The summed E-state index contributed by atoms with van der Waals surface area (Å²) >= 11 is 0. The van der Waals surface area contributed by atoms with Crippen LogP contribution in [0.25, 0.3) is 0 Å². The van der Waals surface area contributed by atoms with Gasteiger partial charge in [-0.05, 0) is 31.4 Å². The van der Waals surface area contributed by atoms with Crippen molar-refractivity contribution in [2.45, 2.75) is 33.1 Å². The fraction of sp³-hybridized carbons (Fsp3) is 0.476. The summed E-state index contributed by atoms with van der Waals surface area (Å²) in [5, 5.41) is 14.1. The lowest BCUT2D eigenvalue weighted by Gasteiger charge is -2.21. The van der Waals surface area contributed by atoms with Gasteiger partial charge >= 0.3 is 5.97 Å². The third-order valence-electron chi connectivity index (χ3n) is 5.77. The molecule has 0 saturated carbocycles. The zero-order valence-electron chi connectivity index (χ0n) is 16.3. The molecular formula is C21H27N3O3. The lowest BCUT2D eigenvalue weighted by molar-refractivity contribution is -0.142. The second kappa shape index (κ2) is 7.55. The summed E-state index contributed by atoms with van der Waals surface area (Å²) in [6.07, 6.45) is 0.620. The third kappa shape index (κ3) is 3.75. The molecule has 1 unspecified atom stereocenters. The molecule has 6 heteroatoms. The van der Waals surface area contributed by atoms with Crippen LogP contribution >= 0.6 is 0 Å². The SMILES string of the molecule is Cc1nn(C)c(C)c1CC(C)C(=O)N1C[C@H](C(=O)O)[C@H](c2ccccc2)C1. The van der Waals surface area contributed by atoms with Crippen molar-refractivity contribution in [1.82, 2.24) is 14.7 Å². The number of carbonyl (C=O) groups excluding carboxylic acids is 1. The number of hydrogen-bond acceptors (Lipinski definition) is 3. The molecule has 1 aromatic heterocycles. The molecule has 2 aromatic rings. The topological polar surface area (TPSA) is 75.4 Å². The Morgan fingerprint density at radius 2 is 1.89 bits per heavy atom. The van der Waals surface area contributed by atoms with Gasteiger partial charge in [0.05, 0.1) is 11.6 Å². The molecule has 2 heterocycles. The minimum absolute atomic E-state index is 0.0161. The third-order valence-corrected chi connectivity index (χ3v) is 5.77. The number of likely N-dealkylation sites (tertiary alicyclic amines) is 1. The predicted molar refractivity (Wildman–Crippen MR) is 102 cm³/mol. The Hall–Kier alpha value is -2.63. The summed E-state index contributed by atoms with van der Waals surface area (Å²) in [5.41, 5.74) is 4.10. The van der Waals surface area contributed by atoms with Crippen LogP contribution in [0.15, 0.2) is 30.3 Å². The normalized spacial score (nSPS) is 20.7. The van der Waals surface area contributed by atoms with E-state index in [1.807, 2.05) is 62.8 Å². The number of aliphatic carboxylic acids is 1. The molecule has 0 radical (unpaired) electrons. The number of carboxylic acid groups (broad SMARTS) is 1. The van der Waals surface area contributed by atoms with Gasteiger partial charge in [-0.1, -0.05) is 37.3 Å². The minimum Gasteiger partial charge on any atom is -0.481 e. The van der Waals surface area contributed by atoms with E-state index >= 15 is 0 Å². The highest BCUT2D eigenvalue weighted by molar-refractivity contribution is 5.81. The van der Waals surface area contributed by atoms with E-state index in [1.165, 1.54) is 0 Å². The van der Waals surface area contributed by atoms with Gasteiger partial charge in [0.15, 0.2) is 0 Å². The van der Waals surface area contributed by atoms with Gasteiger partial charge in [-0.2, -0.15) is 5.10 Å². The van der Waals surface area contributed by atoms with Crippen molar-refractivity contribution in [1.29, 1.82) is 0 Å². The van der Waals surface area contributed by atoms with E-state index in [1.54, 1.807) is 4.90 Å². The van der Waals surface area contributed by atoms with Crippen molar-refractivity contribution in [2.24, 2.45) is 18.9 Å². The molecule has 6 nitrogen and oxygen atoms in total. The quantitative estimate of drug-likeness (QED) is 0.879. The molecule has 0 spiro atoms. The van der Waals surface area contributed by atoms with Gasteiger partial charge < -0.3 is 10.0 Å². The standard InChI is InChI=1S/C21H27N3O3/c1-13(10-17-14(2)22-23(4)15(17)3)20(25)24-11-18(19(12-24)21(26)27)16-8-6-5-7-9-16/h5-9,13,18-19H,10-12H2,1-4H3,(H,26,27)/t13?,18-,19-/m0/s1. The Kier molecular flexibility index (Phi) is 5.35. The molecule has 27 heavy (non-hydrogen) atoms. The Morgan fingerprint density at radius 1 is 1.22 bits per heavy atom. The maximum absolute atomic E-state index is 13.0. The molecule has 1 N–H and O–H groups in total. The molecule has 3 atom stereocenters. The van der Waals surface area contributed by atoms with Gasteiger partial charge in [0.1, 0.15) is 0 Å². The van der Waals surface area contributed by atoms with Crippen LogP contribution in [0.3, 0.4) is 0 Å². The number of carbonyl (C=O) groups is 2. The van der Waals surface area contributed by atoms with Gasteiger partial charge in [0.2, 0.25) is 5.91 Å². The largest absolute Gasteiger partial charge is 0.481 e. The summed E-state index contributed by atoms with van der Waals surface area (Å²) in [6, 6.07) is 9.63. The van der Waals surface area contributed by atoms with Crippen LogP contribution in [-0.2, 0) is 23.1 Å². The van der Waals surface area contributed by atoms with E-state index < -0.39 is 11.9 Å². The summed E-state index contributed by atoms with van der Waals surface area (Å²) in [6.45, 7) is 6.60. The smallest absolute Gasteiger partial charge is 0.308 e. The van der Waals surface area contributed by atoms with E-state index in [0.717, 1.165) is 22.5 Å². The molecule has 1 fully saturated rings. The number of aromatic nitrogens is 2. The Morgan fingerprint density at radius 3 is 2.44 bits per heavy atom. The maximum atomic E-state index is 13.0. The zero-order valence-corrected chi connectivity index (χ0v) is 16.3. The number of amides is 1. The highest BCUT2D eigenvalue weighted by atomic mass is 16.4. The monoisotopic (exact) mass is 369 g/mol. The Balaban J connectivity index is 1.75. The van der Waals surface area contributed by atoms with E-state index in [-0.39, 0.29) is 24.3 Å². The van der Waals surface area contributed by atoms with Gasteiger partial charge in [-0.25, -0.2) is 0 Å². The molecule has 1 aromatic carbocycles. The maximum Gasteiger partial charge on any atom is 0.308 e. The van der Waals surface area contributed by atoms with Crippen molar-refractivity contribution in [3.63, 3.8) is 0 Å². The average Bonchev–Trinajstić information content (AvgIpc) is 3.19. The molecular weight excluding hydrogens is 342 g/mol. The Bertz CT molecular complexity index is 844. The summed E-state index contributed by atoms with van der Waals surface area (Å²) < 4.78 is 1.84. The lowest BCUT2D eigenvalue weighted by atomic mass is 9.89. The molecule has 0 aliphatic carbocycles. The number of carboxylic acids is 1. The van der Waals surface area contributed by atoms with Crippen LogP contribution in [0.2, 0.25) is 0 Å². The van der Waals surface area contributed by atoms with E-state index in [0.29, 0.717) is 13.0 Å². The summed E-state index contributed by atoms with van der Waals surface area (Å²) in [7, 11) is 1.90. The number of nitrogens with zero attached hydrogens (tertiary/aromatic N) is 3. The molecule has 144 valence electrons. The first kappa shape index (κ1) is 19.1. The minimum atomic E-state index is -0.842.